The van der Waals surface area contributed by atoms with Gasteiger partial charge in [-0.3, -0.25) is 9.11 Å². The molecule has 0 amide bonds. The predicted molar refractivity (Wildman–Crippen MR) is 78.8 cm³/mol. The third-order valence-corrected chi connectivity index (χ3v) is 4.61. The highest BCUT2D eigenvalue weighted by Crippen LogP contribution is 2.46. The van der Waals surface area contributed by atoms with Gasteiger partial charge in [-0.2, -0.15) is 0 Å². The number of hydrogen-bond donors (Lipinski definition) is 3. The highest BCUT2D eigenvalue weighted by molar-refractivity contribution is 8.21. The summed E-state index contributed by atoms with van der Waals surface area (Å²) in [5.41, 5.74) is 0.973. The summed E-state index contributed by atoms with van der Waals surface area (Å²) in [6.07, 6.45) is 0. The molecule has 0 spiro atoms. The molecular formula is C13H24N2O2S. The normalized spacial score (nSPS) is 17.8. The molecule has 0 aromatic heterocycles. The topological polar surface area (TPSA) is 55.7 Å². The van der Waals surface area contributed by atoms with E-state index in [4.69, 9.17) is 0 Å². The van der Waals surface area contributed by atoms with E-state index >= 15 is 0 Å². The van der Waals surface area contributed by atoms with Crippen LogP contribution >= 0.6 is 10.8 Å². The monoisotopic (exact) mass is 272 g/mol. The molecule has 0 atom stereocenters. The minimum absolute atomic E-state index is 0.327. The van der Waals surface area contributed by atoms with Crippen LogP contribution in [-0.2, 0) is 5.75 Å². The molecule has 1 fully saturated rings. The fourth-order valence-corrected chi connectivity index (χ4v) is 3.42. The van der Waals surface area contributed by atoms with Gasteiger partial charge in [-0.05, 0) is 5.56 Å². The Balaban J connectivity index is 0.000000771. The van der Waals surface area contributed by atoms with Crippen molar-refractivity contribution >= 4 is 10.8 Å². The van der Waals surface area contributed by atoms with Crippen LogP contribution in [0, 0.1) is 0 Å². The molecule has 1 aromatic rings. The highest BCUT2D eigenvalue weighted by Gasteiger charge is 2.24. The van der Waals surface area contributed by atoms with Crippen molar-refractivity contribution in [1.82, 2.24) is 9.62 Å². The molecule has 4 nitrogen and oxygen atoms in total. The number of nitrogens with one attached hydrogen (secondary N) is 1. The van der Waals surface area contributed by atoms with Crippen LogP contribution in [0.15, 0.2) is 30.3 Å². The largest absolute Gasteiger partial charge is 0.314 e. The second-order valence-corrected chi connectivity index (χ2v) is 6.01. The Hall–Kier alpha value is -0.590. The van der Waals surface area contributed by atoms with E-state index in [0.29, 0.717) is 18.8 Å². The maximum absolute atomic E-state index is 10.1. The second kappa shape index (κ2) is 7.76. The molecule has 0 saturated carbocycles. The van der Waals surface area contributed by atoms with E-state index in [1.165, 1.54) is 0 Å². The van der Waals surface area contributed by atoms with Crippen LogP contribution in [0.2, 0.25) is 0 Å². The number of benzene rings is 1. The molecule has 1 aromatic carbocycles. The summed E-state index contributed by atoms with van der Waals surface area (Å²) in [5.74, 6) is 0.327. The lowest BCUT2D eigenvalue weighted by Gasteiger charge is -2.44. The Labute approximate surface area is 111 Å². The summed E-state index contributed by atoms with van der Waals surface area (Å²) in [6.45, 7) is 7.06. The molecule has 0 aliphatic carbocycles. The average Bonchev–Trinajstić information content (AvgIpc) is 2.43. The first-order valence-electron chi connectivity index (χ1n) is 6.44. The van der Waals surface area contributed by atoms with Gasteiger partial charge in [0.2, 0.25) is 0 Å². The fraction of sp³-hybridized carbons (Fsp3) is 0.538. The smallest absolute Gasteiger partial charge is 0.0780 e. The quantitative estimate of drug-likeness (QED) is 0.792. The number of rotatable bonds is 3. The maximum atomic E-state index is 10.1. The molecule has 0 bridgehead atoms. The summed E-state index contributed by atoms with van der Waals surface area (Å²) in [6, 6.07) is 9.62. The lowest BCUT2D eigenvalue weighted by atomic mass is 10.2. The molecular weight excluding hydrogens is 248 g/mol. The molecule has 5 heteroatoms. The highest BCUT2D eigenvalue weighted by atomic mass is 32.3. The second-order valence-electron chi connectivity index (χ2n) is 3.94. The van der Waals surface area contributed by atoms with Crippen LogP contribution < -0.4 is 5.32 Å². The van der Waals surface area contributed by atoms with E-state index in [9.17, 15) is 9.11 Å². The van der Waals surface area contributed by atoms with Crippen molar-refractivity contribution < 1.29 is 9.11 Å². The molecule has 1 saturated heterocycles. The zero-order chi connectivity index (χ0) is 13.4. The van der Waals surface area contributed by atoms with Crippen molar-refractivity contribution in [2.24, 2.45) is 0 Å². The molecule has 1 aliphatic heterocycles. The Morgan fingerprint density at radius 3 is 2.22 bits per heavy atom. The fourth-order valence-electron chi connectivity index (χ4n) is 1.83. The Bertz CT molecular complexity index is 327. The van der Waals surface area contributed by atoms with Gasteiger partial charge in [-0.15, -0.1) is 10.8 Å². The minimum atomic E-state index is -2.64. The molecule has 3 N–H and O–H groups in total. The molecule has 104 valence electrons. The van der Waals surface area contributed by atoms with Crippen LogP contribution in [0.3, 0.4) is 0 Å². The Morgan fingerprint density at radius 2 is 1.67 bits per heavy atom. The Kier molecular flexibility index (Phi) is 6.67. The summed E-state index contributed by atoms with van der Waals surface area (Å²) in [4.78, 5) is 0. The molecule has 1 aliphatic rings. The lowest BCUT2D eigenvalue weighted by molar-refractivity contribution is 0.314. The van der Waals surface area contributed by atoms with Crippen LogP contribution in [0.4, 0.5) is 0 Å². The van der Waals surface area contributed by atoms with E-state index in [-0.39, 0.29) is 0 Å². The van der Waals surface area contributed by atoms with Crippen LogP contribution in [0.1, 0.15) is 19.4 Å². The van der Waals surface area contributed by atoms with Crippen molar-refractivity contribution in [3.63, 3.8) is 0 Å². The van der Waals surface area contributed by atoms with Crippen LogP contribution in [0.25, 0.3) is 0 Å². The van der Waals surface area contributed by atoms with Gasteiger partial charge in [0, 0.05) is 26.2 Å². The molecule has 18 heavy (non-hydrogen) atoms. The minimum Gasteiger partial charge on any atom is -0.314 e. The molecule has 0 unspecified atom stereocenters. The standard InChI is InChI=1S/C11H18N2O2S.C2H6/c14-16(15,13-8-6-12-7-9-13)10-11-4-2-1-3-5-11;1-2/h1-5,12,14-15H,6-10H2;1-2H3. The molecule has 2 rings (SSSR count). The molecule has 1 heterocycles. The average molecular weight is 272 g/mol. The van der Waals surface area contributed by atoms with Crippen molar-refractivity contribution in [1.29, 1.82) is 0 Å². The first kappa shape index (κ1) is 15.5. The van der Waals surface area contributed by atoms with Gasteiger partial charge < -0.3 is 5.32 Å². The predicted octanol–water partition coefficient (Wildman–Crippen LogP) is 2.78. The van der Waals surface area contributed by atoms with Gasteiger partial charge in [0.15, 0.2) is 0 Å². The van der Waals surface area contributed by atoms with Crippen molar-refractivity contribution in [3.05, 3.63) is 35.9 Å². The zero-order valence-electron chi connectivity index (χ0n) is 11.2. The van der Waals surface area contributed by atoms with Gasteiger partial charge in [0.1, 0.15) is 0 Å². The van der Waals surface area contributed by atoms with Gasteiger partial charge in [-0.25, -0.2) is 4.31 Å². The van der Waals surface area contributed by atoms with E-state index in [2.05, 4.69) is 5.32 Å². The SMILES string of the molecule is CC.OS(O)(Cc1ccccc1)N1CCNCC1. The maximum Gasteiger partial charge on any atom is 0.0780 e. The molecule has 0 radical (unpaired) electrons. The number of nitrogens with zero attached hydrogens (tertiary/aromatic N) is 1. The lowest BCUT2D eigenvalue weighted by Crippen LogP contribution is -2.44. The number of hydrogen-bond acceptors (Lipinski definition) is 4. The van der Waals surface area contributed by atoms with Gasteiger partial charge >= 0.3 is 0 Å². The summed E-state index contributed by atoms with van der Waals surface area (Å²) in [5, 5.41) is 3.20. The van der Waals surface area contributed by atoms with Gasteiger partial charge in [0.05, 0.1) is 5.75 Å². The van der Waals surface area contributed by atoms with E-state index in [0.717, 1.165) is 18.7 Å². The summed E-state index contributed by atoms with van der Waals surface area (Å²) >= 11 is 0. The van der Waals surface area contributed by atoms with Crippen molar-refractivity contribution in [3.8, 4) is 0 Å². The third kappa shape index (κ3) is 4.59. The van der Waals surface area contributed by atoms with E-state index in [1.54, 1.807) is 4.31 Å². The Morgan fingerprint density at radius 1 is 1.11 bits per heavy atom. The van der Waals surface area contributed by atoms with E-state index in [1.807, 2.05) is 44.2 Å². The first-order chi connectivity index (χ1) is 8.68. The van der Waals surface area contributed by atoms with Crippen LogP contribution in [-0.4, -0.2) is 39.6 Å². The van der Waals surface area contributed by atoms with E-state index < -0.39 is 10.8 Å². The van der Waals surface area contributed by atoms with Gasteiger partial charge in [0.25, 0.3) is 0 Å². The number of piperazine rings is 1. The zero-order valence-corrected chi connectivity index (χ0v) is 12.0. The summed E-state index contributed by atoms with van der Waals surface area (Å²) in [7, 11) is -2.64. The summed E-state index contributed by atoms with van der Waals surface area (Å²) < 4.78 is 22.0. The third-order valence-electron chi connectivity index (χ3n) is 2.69. The van der Waals surface area contributed by atoms with Crippen LogP contribution in [0.5, 0.6) is 0 Å². The van der Waals surface area contributed by atoms with Crippen molar-refractivity contribution in [2.45, 2.75) is 19.6 Å². The first-order valence-corrected chi connectivity index (χ1v) is 8.11. The van der Waals surface area contributed by atoms with Crippen molar-refractivity contribution in [2.75, 3.05) is 26.2 Å². The van der Waals surface area contributed by atoms with Gasteiger partial charge in [-0.1, -0.05) is 44.2 Å².